The van der Waals surface area contributed by atoms with Gasteiger partial charge in [-0.15, -0.1) is 0 Å². The number of nitrogens with one attached hydrogen (secondary N) is 1. The number of furan rings is 1. The van der Waals surface area contributed by atoms with Crippen LogP contribution in [0, 0.1) is 6.92 Å². The molecule has 0 aliphatic carbocycles. The van der Waals surface area contributed by atoms with Gasteiger partial charge in [0.2, 0.25) is 5.71 Å². The number of alkyl halides is 3. The Balaban J connectivity index is 1.74. The van der Waals surface area contributed by atoms with Gasteiger partial charge in [-0.2, -0.15) is 18.2 Å². The summed E-state index contributed by atoms with van der Waals surface area (Å²) in [6.45, 7) is 4.10. The molecule has 154 valence electrons. The third kappa shape index (κ3) is 4.53. The zero-order chi connectivity index (χ0) is 20.5. The summed E-state index contributed by atoms with van der Waals surface area (Å²) in [4.78, 5) is 34.7. The van der Waals surface area contributed by atoms with Crippen LogP contribution in [-0.2, 0) is 11.3 Å². The average molecular weight is 402 g/mol. The van der Waals surface area contributed by atoms with Gasteiger partial charge >= 0.3 is 12.1 Å². The minimum atomic E-state index is -4.21. The number of halogens is 3. The monoisotopic (exact) mass is 402 g/mol. The lowest BCUT2D eigenvalue weighted by molar-refractivity contribution is -0.149. The van der Waals surface area contributed by atoms with Crippen molar-refractivity contribution in [3.8, 4) is 0 Å². The topological polar surface area (TPSA) is 91.7 Å². The van der Waals surface area contributed by atoms with E-state index >= 15 is 0 Å². The molecule has 1 N–H and O–H groups in total. The molecule has 2 aromatic rings. The van der Waals surface area contributed by atoms with E-state index in [9.17, 15) is 22.8 Å². The highest BCUT2D eigenvalue weighted by Gasteiger charge is 2.32. The van der Waals surface area contributed by atoms with Crippen LogP contribution < -0.4 is 5.56 Å². The summed E-state index contributed by atoms with van der Waals surface area (Å²) in [5.41, 5.74) is -0.427. The van der Waals surface area contributed by atoms with Crippen LogP contribution in [0.3, 0.4) is 0 Å². The van der Waals surface area contributed by atoms with Gasteiger partial charge in [0.25, 0.3) is 5.56 Å². The SMILES string of the molecule is CCOC(=O)c1c(C)oc2nc(CN3CCN(CC(F)(F)F)CC3)[nH]c(=O)c12. The standard InChI is InChI=1S/C17H21F3N4O4/c1-3-27-16(26)12-10(2)28-15-13(12)14(25)21-11(22-15)8-23-4-6-24(7-5-23)9-17(18,19)20/h3-9H2,1-2H3,(H,21,22,25). The van der Waals surface area contributed by atoms with Gasteiger partial charge in [-0.05, 0) is 13.8 Å². The number of H-pyrrole nitrogens is 1. The van der Waals surface area contributed by atoms with Crippen molar-refractivity contribution in [1.82, 2.24) is 19.8 Å². The van der Waals surface area contributed by atoms with Gasteiger partial charge in [0.1, 0.15) is 22.5 Å². The van der Waals surface area contributed by atoms with E-state index in [0.29, 0.717) is 18.9 Å². The van der Waals surface area contributed by atoms with Crippen molar-refractivity contribution in [1.29, 1.82) is 0 Å². The van der Waals surface area contributed by atoms with E-state index in [2.05, 4.69) is 9.97 Å². The number of hydrogen-bond donors (Lipinski definition) is 1. The van der Waals surface area contributed by atoms with E-state index in [1.807, 2.05) is 4.90 Å². The maximum atomic E-state index is 12.5. The molecule has 0 saturated carbocycles. The quantitative estimate of drug-likeness (QED) is 0.761. The average Bonchev–Trinajstić information content (AvgIpc) is 2.92. The molecule has 0 amide bonds. The molecule has 3 rings (SSSR count). The molecule has 0 atom stereocenters. The Bertz CT molecular complexity index is 913. The second-order valence-electron chi connectivity index (χ2n) is 6.61. The Morgan fingerprint density at radius 1 is 1.25 bits per heavy atom. The van der Waals surface area contributed by atoms with Crippen molar-refractivity contribution in [2.24, 2.45) is 0 Å². The van der Waals surface area contributed by atoms with E-state index in [0.717, 1.165) is 0 Å². The Labute approximate surface area is 158 Å². The first-order valence-corrected chi connectivity index (χ1v) is 8.89. The maximum absolute atomic E-state index is 12.5. The van der Waals surface area contributed by atoms with Crippen molar-refractivity contribution in [2.75, 3.05) is 39.3 Å². The Hall–Kier alpha value is -2.40. The van der Waals surface area contributed by atoms with Gasteiger partial charge in [0, 0.05) is 26.2 Å². The number of fused-ring (bicyclic) bond motifs is 1. The minimum absolute atomic E-state index is 0.0368. The summed E-state index contributed by atoms with van der Waals surface area (Å²) >= 11 is 0. The minimum Gasteiger partial charge on any atom is -0.462 e. The zero-order valence-electron chi connectivity index (χ0n) is 15.6. The second-order valence-corrected chi connectivity index (χ2v) is 6.61. The van der Waals surface area contributed by atoms with Crippen LogP contribution in [0.25, 0.3) is 11.1 Å². The number of aryl methyl sites for hydroxylation is 1. The number of rotatable bonds is 5. The zero-order valence-corrected chi connectivity index (χ0v) is 15.6. The highest BCUT2D eigenvalue weighted by molar-refractivity contribution is 6.03. The van der Waals surface area contributed by atoms with Crippen LogP contribution in [0.15, 0.2) is 9.21 Å². The van der Waals surface area contributed by atoms with E-state index in [1.165, 1.54) is 4.90 Å². The van der Waals surface area contributed by atoms with Gasteiger partial charge in [0.05, 0.1) is 19.7 Å². The van der Waals surface area contributed by atoms with Gasteiger partial charge in [-0.1, -0.05) is 0 Å². The molecule has 1 saturated heterocycles. The number of esters is 1. The summed E-state index contributed by atoms with van der Waals surface area (Å²) in [6, 6.07) is 0. The molecule has 2 aromatic heterocycles. The van der Waals surface area contributed by atoms with Gasteiger partial charge in [-0.25, -0.2) is 4.79 Å². The maximum Gasteiger partial charge on any atom is 0.401 e. The number of carbonyl (C=O) groups is 1. The molecule has 28 heavy (non-hydrogen) atoms. The Morgan fingerprint density at radius 2 is 1.89 bits per heavy atom. The molecular weight excluding hydrogens is 381 g/mol. The van der Waals surface area contributed by atoms with Gasteiger partial charge in [-0.3, -0.25) is 14.6 Å². The summed E-state index contributed by atoms with van der Waals surface area (Å²) in [7, 11) is 0. The number of carbonyl (C=O) groups excluding carboxylic acids is 1. The van der Waals surface area contributed by atoms with Crippen LogP contribution >= 0.6 is 0 Å². The van der Waals surface area contributed by atoms with Crippen molar-refractivity contribution in [3.63, 3.8) is 0 Å². The third-order valence-electron chi connectivity index (χ3n) is 4.51. The lowest BCUT2D eigenvalue weighted by atomic mass is 10.2. The smallest absolute Gasteiger partial charge is 0.401 e. The summed E-state index contributed by atoms with van der Waals surface area (Å²) in [6.07, 6.45) is -4.21. The fourth-order valence-electron chi connectivity index (χ4n) is 3.26. The molecule has 8 nitrogen and oxygen atoms in total. The van der Waals surface area contributed by atoms with Crippen LogP contribution in [-0.4, -0.2) is 71.2 Å². The highest BCUT2D eigenvalue weighted by Crippen LogP contribution is 2.22. The van der Waals surface area contributed by atoms with Crippen molar-refractivity contribution in [3.05, 3.63) is 27.5 Å². The number of hydrogen-bond acceptors (Lipinski definition) is 7. The predicted molar refractivity (Wildman–Crippen MR) is 93.1 cm³/mol. The van der Waals surface area contributed by atoms with Crippen molar-refractivity contribution < 1.29 is 27.1 Å². The summed E-state index contributed by atoms with van der Waals surface area (Å²) in [5, 5.41) is 0.0368. The van der Waals surface area contributed by atoms with E-state index in [1.54, 1.807) is 13.8 Å². The first-order chi connectivity index (χ1) is 13.2. The molecule has 1 aliphatic heterocycles. The van der Waals surface area contributed by atoms with Gasteiger partial charge in [0.15, 0.2) is 0 Å². The van der Waals surface area contributed by atoms with Crippen molar-refractivity contribution >= 4 is 17.1 Å². The van der Waals surface area contributed by atoms with Crippen LogP contribution in [0.4, 0.5) is 13.2 Å². The molecule has 0 radical (unpaired) electrons. The third-order valence-corrected chi connectivity index (χ3v) is 4.51. The molecule has 0 bridgehead atoms. The molecular formula is C17H21F3N4O4. The first-order valence-electron chi connectivity index (χ1n) is 8.89. The number of nitrogens with zero attached hydrogens (tertiary/aromatic N) is 3. The number of aromatic amines is 1. The molecule has 11 heteroatoms. The fraction of sp³-hybridized carbons (Fsp3) is 0.588. The van der Waals surface area contributed by atoms with Crippen LogP contribution in [0.2, 0.25) is 0 Å². The largest absolute Gasteiger partial charge is 0.462 e. The predicted octanol–water partition coefficient (Wildman–Crippen LogP) is 1.68. The number of ether oxygens (including phenoxy) is 1. The molecule has 1 aliphatic rings. The molecule has 1 fully saturated rings. The molecule has 0 aromatic carbocycles. The summed E-state index contributed by atoms with van der Waals surface area (Å²) in [5.74, 6) is -0.0881. The number of piperazine rings is 1. The van der Waals surface area contributed by atoms with E-state index < -0.39 is 24.2 Å². The Morgan fingerprint density at radius 3 is 2.50 bits per heavy atom. The highest BCUT2D eigenvalue weighted by atomic mass is 19.4. The fourth-order valence-corrected chi connectivity index (χ4v) is 3.26. The lowest BCUT2D eigenvalue weighted by Gasteiger charge is -2.34. The first kappa shape index (κ1) is 20.3. The molecule has 3 heterocycles. The summed E-state index contributed by atoms with van der Waals surface area (Å²) < 4.78 is 47.8. The molecule has 0 unspecified atom stereocenters. The van der Waals surface area contributed by atoms with Crippen LogP contribution in [0.5, 0.6) is 0 Å². The van der Waals surface area contributed by atoms with Gasteiger partial charge < -0.3 is 14.1 Å². The van der Waals surface area contributed by atoms with Crippen molar-refractivity contribution in [2.45, 2.75) is 26.6 Å². The van der Waals surface area contributed by atoms with E-state index in [-0.39, 0.29) is 48.7 Å². The Kier molecular flexibility index (Phi) is 5.75. The molecule has 0 spiro atoms. The number of aromatic nitrogens is 2. The second kappa shape index (κ2) is 7.92. The van der Waals surface area contributed by atoms with Crippen LogP contribution in [0.1, 0.15) is 28.9 Å². The lowest BCUT2D eigenvalue weighted by Crippen LogP contribution is -2.48. The van der Waals surface area contributed by atoms with E-state index in [4.69, 9.17) is 9.15 Å². The normalized spacial score (nSPS) is 16.6.